The molecule has 0 radical (unpaired) electrons. The maximum Gasteiger partial charge on any atom is 0.262 e. The molecule has 20 heavy (non-hydrogen) atoms. The van der Waals surface area contributed by atoms with E-state index in [1.165, 1.54) is 0 Å². The molecule has 3 rings (SSSR count). The lowest BCUT2D eigenvalue weighted by atomic mass is 10.1. The van der Waals surface area contributed by atoms with E-state index in [0.29, 0.717) is 28.4 Å². The van der Waals surface area contributed by atoms with Gasteiger partial charge in [0.2, 0.25) is 0 Å². The summed E-state index contributed by atoms with van der Waals surface area (Å²) in [6.07, 6.45) is 0. The molecule has 0 aromatic heterocycles. The molecule has 2 aliphatic heterocycles. The van der Waals surface area contributed by atoms with Crippen molar-refractivity contribution in [2.75, 3.05) is 34.9 Å². The summed E-state index contributed by atoms with van der Waals surface area (Å²) in [6, 6.07) is 4.15. The Morgan fingerprint density at radius 2 is 2.25 bits per heavy atom. The van der Waals surface area contributed by atoms with Crippen LogP contribution in [0.2, 0.25) is 0 Å². The van der Waals surface area contributed by atoms with Crippen LogP contribution in [-0.2, 0) is 4.79 Å². The summed E-state index contributed by atoms with van der Waals surface area (Å²) in [4.78, 5) is 13.7. The number of hydrogen-bond donors (Lipinski definition) is 2. The molecule has 0 spiro atoms. The van der Waals surface area contributed by atoms with Gasteiger partial charge in [-0.1, -0.05) is 6.92 Å². The maximum atomic E-state index is 11.4. The van der Waals surface area contributed by atoms with Crippen LogP contribution in [0.3, 0.4) is 0 Å². The van der Waals surface area contributed by atoms with Crippen molar-refractivity contribution in [1.82, 2.24) is 0 Å². The predicted molar refractivity (Wildman–Crippen MR) is 83.7 cm³/mol. The molecule has 1 saturated heterocycles. The molecule has 2 aliphatic rings. The highest BCUT2D eigenvalue weighted by atomic mass is 32.2. The summed E-state index contributed by atoms with van der Waals surface area (Å²) in [7, 11) is 0. The molecule has 2 unspecified atom stereocenters. The number of ether oxygens (including phenoxy) is 1. The number of carbonyl (C=O) groups excluding carboxylic acids is 1. The molecule has 0 aliphatic carbocycles. The Labute approximate surface area is 122 Å². The molecule has 1 aromatic carbocycles. The van der Waals surface area contributed by atoms with Crippen LogP contribution in [0.25, 0.3) is 0 Å². The second kappa shape index (κ2) is 5.09. The molecule has 2 atom stereocenters. The van der Waals surface area contributed by atoms with E-state index in [4.69, 9.17) is 10.5 Å². The first kappa shape index (κ1) is 13.4. The fraction of sp³-hybridized carbons (Fsp3) is 0.500. The topological polar surface area (TPSA) is 67.6 Å². The zero-order valence-corrected chi connectivity index (χ0v) is 12.5. The van der Waals surface area contributed by atoms with Crippen molar-refractivity contribution < 1.29 is 9.53 Å². The van der Waals surface area contributed by atoms with E-state index in [1.54, 1.807) is 0 Å². The molecular formula is C14H19N3O2S. The third-order valence-electron chi connectivity index (χ3n) is 3.96. The normalized spacial score (nSPS) is 25.7. The van der Waals surface area contributed by atoms with Crippen LogP contribution >= 0.6 is 11.8 Å². The van der Waals surface area contributed by atoms with E-state index in [2.05, 4.69) is 24.1 Å². The van der Waals surface area contributed by atoms with Crippen LogP contribution in [-0.4, -0.2) is 36.1 Å². The quantitative estimate of drug-likeness (QED) is 0.774. The fourth-order valence-electron chi connectivity index (χ4n) is 2.65. The third-order valence-corrected chi connectivity index (χ3v) is 5.29. The first-order valence-corrected chi connectivity index (χ1v) is 7.85. The van der Waals surface area contributed by atoms with Gasteiger partial charge in [0.05, 0.1) is 17.1 Å². The monoisotopic (exact) mass is 293 g/mol. The van der Waals surface area contributed by atoms with Gasteiger partial charge in [-0.05, 0) is 13.0 Å². The Bertz CT molecular complexity index is 549. The zero-order chi connectivity index (χ0) is 14.3. The van der Waals surface area contributed by atoms with Crippen molar-refractivity contribution >= 4 is 34.7 Å². The molecular weight excluding hydrogens is 274 g/mol. The Kier molecular flexibility index (Phi) is 3.41. The van der Waals surface area contributed by atoms with Gasteiger partial charge in [-0.25, -0.2) is 0 Å². The molecule has 108 valence electrons. The highest BCUT2D eigenvalue weighted by Gasteiger charge is 2.28. The number of carbonyl (C=O) groups is 1. The van der Waals surface area contributed by atoms with Gasteiger partial charge in [0.1, 0.15) is 5.75 Å². The van der Waals surface area contributed by atoms with E-state index in [9.17, 15) is 4.79 Å². The van der Waals surface area contributed by atoms with Crippen LogP contribution in [0.15, 0.2) is 12.1 Å². The van der Waals surface area contributed by atoms with Crippen LogP contribution in [0, 0.1) is 0 Å². The molecule has 3 N–H and O–H groups in total. The summed E-state index contributed by atoms with van der Waals surface area (Å²) in [6.45, 7) is 5.47. The van der Waals surface area contributed by atoms with E-state index < -0.39 is 0 Å². The molecule has 1 amide bonds. The van der Waals surface area contributed by atoms with Crippen molar-refractivity contribution in [1.29, 1.82) is 0 Å². The number of hydrogen-bond acceptors (Lipinski definition) is 5. The number of amides is 1. The van der Waals surface area contributed by atoms with Crippen LogP contribution in [0.5, 0.6) is 5.75 Å². The SMILES string of the molecule is CC1SCCN(c2cc3c(cc2N)OCC(=O)N3)C1C. The van der Waals surface area contributed by atoms with E-state index >= 15 is 0 Å². The third kappa shape index (κ3) is 2.28. The molecule has 5 nitrogen and oxygen atoms in total. The van der Waals surface area contributed by atoms with Gasteiger partial charge in [0, 0.05) is 29.7 Å². The summed E-state index contributed by atoms with van der Waals surface area (Å²) in [5, 5.41) is 3.40. The van der Waals surface area contributed by atoms with Crippen molar-refractivity contribution in [3.63, 3.8) is 0 Å². The van der Waals surface area contributed by atoms with Gasteiger partial charge < -0.3 is 20.7 Å². The van der Waals surface area contributed by atoms with Gasteiger partial charge in [0.15, 0.2) is 6.61 Å². The molecule has 0 saturated carbocycles. The molecule has 1 aromatic rings. The van der Waals surface area contributed by atoms with Crippen LogP contribution < -0.4 is 20.7 Å². The van der Waals surface area contributed by atoms with E-state index in [1.807, 2.05) is 23.9 Å². The molecule has 1 fully saturated rings. The van der Waals surface area contributed by atoms with E-state index in [-0.39, 0.29) is 12.5 Å². The number of anilines is 3. The zero-order valence-electron chi connectivity index (χ0n) is 11.7. The summed E-state index contributed by atoms with van der Waals surface area (Å²) < 4.78 is 5.39. The second-order valence-corrected chi connectivity index (χ2v) is 6.74. The van der Waals surface area contributed by atoms with Gasteiger partial charge in [-0.15, -0.1) is 0 Å². The summed E-state index contributed by atoms with van der Waals surface area (Å²) in [5.74, 6) is 1.62. The Morgan fingerprint density at radius 1 is 1.45 bits per heavy atom. The molecule has 0 bridgehead atoms. The summed E-state index contributed by atoms with van der Waals surface area (Å²) in [5.41, 5.74) is 8.57. The maximum absolute atomic E-state index is 11.4. The average molecular weight is 293 g/mol. The largest absolute Gasteiger partial charge is 0.482 e. The number of nitrogens with zero attached hydrogens (tertiary/aromatic N) is 1. The first-order valence-electron chi connectivity index (χ1n) is 6.80. The van der Waals surface area contributed by atoms with Gasteiger partial charge >= 0.3 is 0 Å². The Hall–Kier alpha value is -1.56. The fourth-order valence-corrected chi connectivity index (χ4v) is 3.75. The number of rotatable bonds is 1. The van der Waals surface area contributed by atoms with Gasteiger partial charge in [-0.3, -0.25) is 4.79 Å². The minimum absolute atomic E-state index is 0.0551. The highest BCUT2D eigenvalue weighted by molar-refractivity contribution is 8.00. The highest BCUT2D eigenvalue weighted by Crippen LogP contribution is 2.39. The number of fused-ring (bicyclic) bond motifs is 1. The standard InChI is InChI=1S/C14H19N3O2S/c1-8-9(2)20-4-3-17(8)12-6-11-13(5-10(12)15)19-7-14(18)16-11/h5-6,8-9H,3-4,7,15H2,1-2H3,(H,16,18). The Balaban J connectivity index is 1.97. The van der Waals surface area contributed by atoms with Crippen molar-refractivity contribution in [2.45, 2.75) is 25.1 Å². The first-order chi connectivity index (χ1) is 9.56. The predicted octanol–water partition coefficient (Wildman–Crippen LogP) is 1.93. The van der Waals surface area contributed by atoms with Gasteiger partial charge in [0.25, 0.3) is 5.91 Å². The van der Waals surface area contributed by atoms with Crippen LogP contribution in [0.4, 0.5) is 17.1 Å². The van der Waals surface area contributed by atoms with Crippen molar-refractivity contribution in [3.05, 3.63) is 12.1 Å². The lowest BCUT2D eigenvalue weighted by molar-refractivity contribution is -0.118. The minimum Gasteiger partial charge on any atom is -0.482 e. The lowest BCUT2D eigenvalue weighted by Gasteiger charge is -2.40. The number of nitrogens with two attached hydrogens (primary N) is 1. The van der Waals surface area contributed by atoms with Crippen molar-refractivity contribution in [2.24, 2.45) is 0 Å². The Morgan fingerprint density at radius 3 is 3.05 bits per heavy atom. The number of nitrogen functional groups attached to an aromatic ring is 1. The number of thioether (sulfide) groups is 1. The van der Waals surface area contributed by atoms with Gasteiger partial charge in [-0.2, -0.15) is 11.8 Å². The molecule has 2 heterocycles. The number of benzene rings is 1. The minimum atomic E-state index is -0.121. The second-order valence-electron chi connectivity index (χ2n) is 5.25. The smallest absolute Gasteiger partial charge is 0.262 e. The van der Waals surface area contributed by atoms with Crippen molar-refractivity contribution in [3.8, 4) is 5.75 Å². The average Bonchev–Trinajstić information content (AvgIpc) is 2.42. The number of nitrogens with one attached hydrogen (secondary N) is 1. The van der Waals surface area contributed by atoms with Crippen LogP contribution in [0.1, 0.15) is 13.8 Å². The lowest BCUT2D eigenvalue weighted by Crippen LogP contribution is -2.45. The summed E-state index contributed by atoms with van der Waals surface area (Å²) >= 11 is 1.98. The van der Waals surface area contributed by atoms with E-state index in [0.717, 1.165) is 18.0 Å². The molecule has 6 heteroatoms.